The van der Waals surface area contributed by atoms with Crippen LogP contribution in [0.4, 0.5) is 0 Å². The van der Waals surface area contributed by atoms with E-state index >= 15 is 0 Å². The Morgan fingerprint density at radius 3 is 2.44 bits per heavy atom. The van der Waals surface area contributed by atoms with Crippen molar-refractivity contribution < 1.29 is 43.5 Å². The summed E-state index contributed by atoms with van der Waals surface area (Å²) in [5.74, 6) is -0.548. The van der Waals surface area contributed by atoms with Crippen molar-refractivity contribution in [3.63, 3.8) is 0 Å². The van der Waals surface area contributed by atoms with E-state index in [2.05, 4.69) is 5.32 Å². The fourth-order valence-electron chi connectivity index (χ4n) is 6.16. The van der Waals surface area contributed by atoms with Crippen LogP contribution in [0.3, 0.4) is 0 Å². The minimum absolute atomic E-state index is 0.00196. The number of carbonyl (C=O) groups is 2. The Balaban J connectivity index is 1.47. The maximum absolute atomic E-state index is 14.3. The monoisotopic (exact) mass is 614 g/mol. The number of ether oxygens (including phenoxy) is 3. The largest absolute Gasteiger partial charge is 0.493 e. The number of rotatable bonds is 10. The first kappa shape index (κ1) is 30.2. The van der Waals surface area contributed by atoms with Gasteiger partial charge in [0.15, 0.2) is 28.6 Å². The summed E-state index contributed by atoms with van der Waals surface area (Å²) in [6.45, 7) is -0.464. The molecule has 4 aromatic rings. The van der Waals surface area contributed by atoms with Crippen LogP contribution in [0.15, 0.2) is 82.8 Å². The third kappa shape index (κ3) is 5.50. The highest BCUT2D eigenvalue weighted by Gasteiger charge is 2.51. The molecule has 234 valence electrons. The van der Waals surface area contributed by atoms with E-state index in [-0.39, 0.29) is 37.6 Å². The standard InChI is InChI=1S/C34H34N2O9/c1-42-25-10-6-9-21-15-27(44-30(21)25)34(41)36(17-19-7-4-3-5-8-19)24-16-23(33(40)35-11-12-37)28-22-13-20(18-38)14-26(43-2)31(22)45-32(28)29(24)39/h3-10,13-16,24,28-29,32,37-39H,11-12,17-18H2,1-2H3,(H,35,40)/t24-,28+,29+,32+/m1/s1. The molecule has 4 atom stereocenters. The van der Waals surface area contributed by atoms with Crippen LogP contribution in [0.25, 0.3) is 11.0 Å². The number of para-hydroxylation sites is 1. The highest BCUT2D eigenvalue weighted by Crippen LogP contribution is 2.51. The van der Waals surface area contributed by atoms with Crippen molar-refractivity contribution in [3.8, 4) is 17.2 Å². The number of hydrogen-bond acceptors (Lipinski definition) is 9. The summed E-state index contributed by atoms with van der Waals surface area (Å²) < 4.78 is 23.3. The summed E-state index contributed by atoms with van der Waals surface area (Å²) in [5, 5.41) is 34.7. The van der Waals surface area contributed by atoms with Gasteiger partial charge in [-0.05, 0) is 41.5 Å². The number of nitrogens with one attached hydrogen (secondary N) is 1. The molecule has 0 fully saturated rings. The molecule has 0 bridgehead atoms. The first-order chi connectivity index (χ1) is 21.9. The SMILES string of the molecule is COc1cc(CO)cc2c1O[C@@H]1[C@@H](O)[C@H](N(Cc3ccccc3)C(=O)c3cc4cccc(OC)c4o3)C=C(C(=O)NCCO)[C@H]21. The van der Waals surface area contributed by atoms with Crippen molar-refractivity contribution in [2.24, 2.45) is 0 Å². The lowest BCUT2D eigenvalue weighted by molar-refractivity contribution is -0.118. The van der Waals surface area contributed by atoms with Gasteiger partial charge in [-0.2, -0.15) is 0 Å². The van der Waals surface area contributed by atoms with Crippen molar-refractivity contribution in [2.45, 2.75) is 37.3 Å². The smallest absolute Gasteiger partial charge is 0.290 e. The van der Waals surface area contributed by atoms with Gasteiger partial charge in [0.25, 0.3) is 5.91 Å². The second-order valence-electron chi connectivity index (χ2n) is 10.9. The van der Waals surface area contributed by atoms with Gasteiger partial charge in [-0.3, -0.25) is 9.59 Å². The molecule has 1 aliphatic carbocycles. The van der Waals surface area contributed by atoms with Crippen molar-refractivity contribution in [1.29, 1.82) is 0 Å². The van der Waals surface area contributed by atoms with Crippen LogP contribution in [0, 0.1) is 0 Å². The van der Waals surface area contributed by atoms with Crippen LogP contribution in [0.2, 0.25) is 0 Å². The Kier molecular flexibility index (Phi) is 8.48. The zero-order valence-electron chi connectivity index (χ0n) is 24.8. The minimum Gasteiger partial charge on any atom is -0.493 e. The van der Waals surface area contributed by atoms with E-state index in [4.69, 9.17) is 18.6 Å². The number of methoxy groups -OCH3 is 2. The number of amides is 2. The molecule has 0 saturated heterocycles. The number of nitrogens with zero attached hydrogens (tertiary/aromatic N) is 1. The number of aliphatic hydroxyl groups is 3. The fourth-order valence-corrected chi connectivity index (χ4v) is 6.16. The molecule has 45 heavy (non-hydrogen) atoms. The summed E-state index contributed by atoms with van der Waals surface area (Å²) in [6.07, 6.45) is -0.681. The lowest BCUT2D eigenvalue weighted by Gasteiger charge is -2.40. The molecule has 0 unspecified atom stereocenters. The van der Waals surface area contributed by atoms with Crippen LogP contribution < -0.4 is 19.5 Å². The van der Waals surface area contributed by atoms with Crippen LogP contribution in [0.5, 0.6) is 17.2 Å². The fraction of sp³-hybridized carbons (Fsp3) is 0.294. The second-order valence-corrected chi connectivity index (χ2v) is 10.9. The van der Waals surface area contributed by atoms with Crippen molar-refractivity contribution in [1.82, 2.24) is 10.2 Å². The van der Waals surface area contributed by atoms with Gasteiger partial charge in [0.1, 0.15) is 12.2 Å². The van der Waals surface area contributed by atoms with Gasteiger partial charge in [-0.15, -0.1) is 0 Å². The first-order valence-corrected chi connectivity index (χ1v) is 14.6. The summed E-state index contributed by atoms with van der Waals surface area (Å²) in [7, 11) is 2.98. The van der Waals surface area contributed by atoms with Crippen molar-refractivity contribution >= 4 is 22.8 Å². The predicted molar refractivity (Wildman–Crippen MR) is 163 cm³/mol. The molecule has 1 aromatic heterocycles. The topological polar surface area (TPSA) is 151 Å². The number of carbonyl (C=O) groups excluding carboxylic acids is 2. The molecule has 11 nitrogen and oxygen atoms in total. The van der Waals surface area contributed by atoms with Gasteiger partial charge >= 0.3 is 0 Å². The van der Waals surface area contributed by atoms with Crippen LogP contribution in [0.1, 0.15) is 33.2 Å². The van der Waals surface area contributed by atoms with Gasteiger partial charge in [-0.25, -0.2) is 0 Å². The Labute approximate surface area is 259 Å². The molecule has 0 radical (unpaired) electrons. The van der Waals surface area contributed by atoms with Gasteiger partial charge < -0.3 is 44.2 Å². The Morgan fingerprint density at radius 1 is 0.956 bits per heavy atom. The summed E-state index contributed by atoms with van der Waals surface area (Å²) in [4.78, 5) is 29.4. The molecule has 6 rings (SSSR count). The van der Waals surface area contributed by atoms with Gasteiger partial charge in [0.05, 0.1) is 39.4 Å². The maximum atomic E-state index is 14.3. The molecule has 0 saturated carbocycles. The van der Waals surface area contributed by atoms with E-state index in [1.165, 1.54) is 19.1 Å². The van der Waals surface area contributed by atoms with Crippen molar-refractivity contribution in [3.05, 3.63) is 101 Å². The Hall–Kier alpha value is -4.84. The van der Waals surface area contributed by atoms with E-state index < -0.39 is 36.0 Å². The summed E-state index contributed by atoms with van der Waals surface area (Å²) in [6, 6.07) is 18.6. The molecule has 4 N–H and O–H groups in total. The first-order valence-electron chi connectivity index (χ1n) is 14.6. The number of fused-ring (bicyclic) bond motifs is 4. The molecular weight excluding hydrogens is 580 g/mol. The minimum atomic E-state index is -1.29. The highest BCUT2D eigenvalue weighted by molar-refractivity contribution is 5.99. The molecule has 2 heterocycles. The number of hydrogen-bond donors (Lipinski definition) is 4. The average molecular weight is 615 g/mol. The third-order valence-corrected chi connectivity index (χ3v) is 8.25. The zero-order valence-corrected chi connectivity index (χ0v) is 24.8. The molecule has 2 amide bonds. The Morgan fingerprint density at radius 2 is 1.73 bits per heavy atom. The lowest BCUT2D eigenvalue weighted by Crippen LogP contribution is -2.55. The molecule has 11 heteroatoms. The van der Waals surface area contributed by atoms with E-state index in [0.29, 0.717) is 39.3 Å². The number of furan rings is 1. The van der Waals surface area contributed by atoms with Crippen molar-refractivity contribution in [2.75, 3.05) is 27.4 Å². The van der Waals surface area contributed by atoms with E-state index in [0.717, 1.165) is 5.56 Å². The quantitative estimate of drug-likeness (QED) is 0.211. The molecule has 1 aliphatic heterocycles. The van der Waals surface area contributed by atoms with Crippen LogP contribution in [-0.4, -0.2) is 77.7 Å². The average Bonchev–Trinajstić information content (AvgIpc) is 3.69. The van der Waals surface area contributed by atoms with Crippen LogP contribution >= 0.6 is 0 Å². The van der Waals surface area contributed by atoms with Gasteiger partial charge in [0, 0.05) is 29.6 Å². The van der Waals surface area contributed by atoms with E-state index in [9.17, 15) is 24.9 Å². The third-order valence-electron chi connectivity index (χ3n) is 8.25. The summed E-state index contributed by atoms with van der Waals surface area (Å²) >= 11 is 0. The highest BCUT2D eigenvalue weighted by atomic mass is 16.5. The van der Waals surface area contributed by atoms with E-state index in [1.54, 1.807) is 42.5 Å². The summed E-state index contributed by atoms with van der Waals surface area (Å²) in [5.41, 5.74) is 2.56. The molecular formula is C34H34N2O9. The normalized spacial score (nSPS) is 20.1. The molecule has 0 spiro atoms. The predicted octanol–water partition coefficient (Wildman–Crippen LogP) is 2.91. The van der Waals surface area contributed by atoms with Gasteiger partial charge in [0.2, 0.25) is 5.91 Å². The lowest BCUT2D eigenvalue weighted by atomic mass is 9.77. The second kappa shape index (κ2) is 12.6. The van der Waals surface area contributed by atoms with Crippen LogP contribution in [-0.2, 0) is 17.9 Å². The Bertz CT molecular complexity index is 1750. The molecule has 2 aliphatic rings. The number of benzene rings is 3. The van der Waals surface area contributed by atoms with E-state index in [1.807, 2.05) is 30.3 Å². The number of aliphatic hydroxyl groups excluding tert-OH is 3. The maximum Gasteiger partial charge on any atom is 0.290 e. The zero-order chi connectivity index (χ0) is 31.7. The van der Waals surface area contributed by atoms with Gasteiger partial charge in [-0.1, -0.05) is 42.5 Å². The molecule has 3 aromatic carbocycles.